The Morgan fingerprint density at radius 1 is 1.00 bits per heavy atom. The molecule has 0 radical (unpaired) electrons. The van der Waals surface area contributed by atoms with Gasteiger partial charge < -0.3 is 14.5 Å². The summed E-state index contributed by atoms with van der Waals surface area (Å²) in [7, 11) is 0. The van der Waals surface area contributed by atoms with Crippen molar-refractivity contribution in [2.45, 2.75) is 13.3 Å². The number of amides is 1. The topological polar surface area (TPSA) is 58.6 Å². The van der Waals surface area contributed by atoms with Crippen LogP contribution in [0.25, 0.3) is 0 Å². The molecule has 1 aromatic heterocycles. The third-order valence-corrected chi connectivity index (χ3v) is 5.24. The number of hydrogen-bond donors (Lipinski definition) is 0. The Morgan fingerprint density at radius 2 is 1.70 bits per heavy atom. The summed E-state index contributed by atoms with van der Waals surface area (Å²) < 4.78 is 5.87. The number of carbonyl (C=O) groups is 1. The minimum atomic E-state index is 0.129. The van der Waals surface area contributed by atoms with Gasteiger partial charge in [0.05, 0.1) is 6.42 Å². The first-order valence-electron chi connectivity index (χ1n) is 9.92. The lowest BCUT2D eigenvalue weighted by Gasteiger charge is -2.35. The van der Waals surface area contributed by atoms with Crippen LogP contribution in [0.3, 0.4) is 0 Å². The fourth-order valence-corrected chi connectivity index (χ4v) is 3.55. The smallest absolute Gasteiger partial charge is 0.227 e. The Bertz CT molecular complexity index is 1000. The molecule has 0 bridgehead atoms. The summed E-state index contributed by atoms with van der Waals surface area (Å²) in [6.45, 7) is 4.60. The van der Waals surface area contributed by atoms with Crippen LogP contribution in [0, 0.1) is 6.92 Å². The minimum absolute atomic E-state index is 0.129. The van der Waals surface area contributed by atoms with Crippen molar-refractivity contribution in [2.24, 2.45) is 0 Å². The fourth-order valence-electron chi connectivity index (χ4n) is 3.42. The van der Waals surface area contributed by atoms with Crippen LogP contribution in [0.2, 0.25) is 5.02 Å². The van der Waals surface area contributed by atoms with Crippen LogP contribution in [-0.2, 0) is 11.2 Å². The molecule has 0 N–H and O–H groups in total. The molecule has 0 spiro atoms. The molecule has 1 saturated heterocycles. The quantitative estimate of drug-likeness (QED) is 0.619. The number of benzene rings is 2. The number of nitrogens with zero attached hydrogens (tertiary/aromatic N) is 4. The van der Waals surface area contributed by atoms with Gasteiger partial charge in [0.25, 0.3) is 0 Å². The molecular weight excluding hydrogens is 400 g/mol. The Balaban J connectivity index is 1.37. The van der Waals surface area contributed by atoms with Gasteiger partial charge >= 0.3 is 0 Å². The van der Waals surface area contributed by atoms with Crippen LogP contribution in [0.15, 0.2) is 60.7 Å². The van der Waals surface area contributed by atoms with Crippen LogP contribution < -0.4 is 9.64 Å². The van der Waals surface area contributed by atoms with E-state index in [1.165, 1.54) is 0 Å². The molecule has 1 amide bonds. The largest absolute Gasteiger partial charge is 0.439 e. The number of ether oxygens (including phenoxy) is 1. The van der Waals surface area contributed by atoms with Gasteiger partial charge in [0.1, 0.15) is 17.4 Å². The Hall–Kier alpha value is -3.12. The summed E-state index contributed by atoms with van der Waals surface area (Å²) in [4.78, 5) is 25.7. The Kier molecular flexibility index (Phi) is 6.14. The van der Waals surface area contributed by atoms with E-state index in [1.54, 1.807) is 0 Å². The van der Waals surface area contributed by atoms with Gasteiger partial charge in [-0.3, -0.25) is 4.79 Å². The number of anilines is 1. The van der Waals surface area contributed by atoms with Gasteiger partial charge in [-0.05, 0) is 36.8 Å². The van der Waals surface area contributed by atoms with E-state index in [1.807, 2.05) is 72.5 Å². The Labute approximate surface area is 181 Å². The van der Waals surface area contributed by atoms with E-state index < -0.39 is 0 Å². The Morgan fingerprint density at radius 3 is 2.40 bits per heavy atom. The number of carbonyl (C=O) groups excluding carboxylic acids is 1. The van der Waals surface area contributed by atoms with Crippen molar-refractivity contribution in [1.82, 2.24) is 14.9 Å². The summed E-state index contributed by atoms with van der Waals surface area (Å²) in [5.74, 6) is 2.85. The van der Waals surface area contributed by atoms with E-state index in [0.717, 1.165) is 17.1 Å². The first kappa shape index (κ1) is 20.2. The molecule has 0 saturated carbocycles. The third kappa shape index (κ3) is 5.07. The van der Waals surface area contributed by atoms with Crippen molar-refractivity contribution >= 4 is 23.3 Å². The predicted molar refractivity (Wildman–Crippen MR) is 117 cm³/mol. The first-order chi connectivity index (χ1) is 14.6. The molecule has 30 heavy (non-hydrogen) atoms. The molecule has 1 aliphatic rings. The number of aryl methyl sites for hydroxylation is 1. The SMILES string of the molecule is Cc1nc(Oc2ccccc2)cc(N2CCN(C(=O)Cc3ccc(Cl)cc3)CC2)n1. The lowest BCUT2D eigenvalue weighted by atomic mass is 10.1. The van der Waals surface area contributed by atoms with Crippen LogP contribution in [0.1, 0.15) is 11.4 Å². The van der Waals surface area contributed by atoms with Crippen molar-refractivity contribution in [3.05, 3.63) is 77.1 Å². The van der Waals surface area contributed by atoms with Gasteiger partial charge in [-0.15, -0.1) is 0 Å². The number of aromatic nitrogens is 2. The van der Waals surface area contributed by atoms with E-state index in [4.69, 9.17) is 16.3 Å². The highest BCUT2D eigenvalue weighted by atomic mass is 35.5. The first-order valence-corrected chi connectivity index (χ1v) is 10.3. The van der Waals surface area contributed by atoms with Gasteiger partial charge in [-0.25, -0.2) is 4.98 Å². The van der Waals surface area contributed by atoms with Crippen molar-refractivity contribution in [2.75, 3.05) is 31.1 Å². The van der Waals surface area contributed by atoms with Crippen molar-refractivity contribution in [1.29, 1.82) is 0 Å². The zero-order valence-electron chi connectivity index (χ0n) is 16.8. The van der Waals surface area contributed by atoms with E-state index in [2.05, 4.69) is 14.9 Å². The lowest BCUT2D eigenvalue weighted by Crippen LogP contribution is -2.49. The van der Waals surface area contributed by atoms with Crippen LogP contribution in [-0.4, -0.2) is 47.0 Å². The van der Waals surface area contributed by atoms with Crippen LogP contribution >= 0.6 is 11.6 Å². The standard InChI is InChI=1S/C23H23ClN4O2/c1-17-25-21(16-22(26-17)30-20-5-3-2-4-6-20)27-11-13-28(14-12-27)23(29)15-18-7-9-19(24)10-8-18/h2-10,16H,11-15H2,1H3. The molecule has 4 rings (SSSR count). The maximum Gasteiger partial charge on any atom is 0.227 e. The molecule has 1 fully saturated rings. The molecule has 3 aromatic rings. The van der Waals surface area contributed by atoms with E-state index in [0.29, 0.717) is 49.3 Å². The number of hydrogen-bond acceptors (Lipinski definition) is 5. The summed E-state index contributed by atoms with van der Waals surface area (Å²) in [5, 5.41) is 0.676. The summed E-state index contributed by atoms with van der Waals surface area (Å²) >= 11 is 5.92. The second kappa shape index (κ2) is 9.13. The van der Waals surface area contributed by atoms with Crippen molar-refractivity contribution < 1.29 is 9.53 Å². The summed E-state index contributed by atoms with van der Waals surface area (Å²) in [6.07, 6.45) is 0.388. The third-order valence-electron chi connectivity index (χ3n) is 4.99. The molecule has 7 heteroatoms. The van der Waals surface area contributed by atoms with Gasteiger partial charge in [-0.1, -0.05) is 41.9 Å². The molecule has 0 atom stereocenters. The van der Waals surface area contributed by atoms with Gasteiger partial charge in [0.15, 0.2) is 0 Å². The molecule has 2 aromatic carbocycles. The predicted octanol–water partition coefficient (Wildman–Crippen LogP) is 4.12. The van der Waals surface area contributed by atoms with Crippen molar-refractivity contribution in [3.8, 4) is 11.6 Å². The number of rotatable bonds is 5. The zero-order valence-corrected chi connectivity index (χ0v) is 17.5. The van der Waals surface area contributed by atoms with Gasteiger partial charge in [-0.2, -0.15) is 4.98 Å². The molecule has 0 unspecified atom stereocenters. The average Bonchev–Trinajstić information content (AvgIpc) is 2.76. The van der Waals surface area contributed by atoms with Gasteiger partial charge in [0.2, 0.25) is 11.8 Å². The molecule has 0 aliphatic carbocycles. The second-order valence-electron chi connectivity index (χ2n) is 7.20. The monoisotopic (exact) mass is 422 g/mol. The maximum absolute atomic E-state index is 12.6. The molecule has 6 nitrogen and oxygen atoms in total. The van der Waals surface area contributed by atoms with E-state index in [-0.39, 0.29) is 5.91 Å². The average molecular weight is 423 g/mol. The zero-order chi connectivity index (χ0) is 20.9. The second-order valence-corrected chi connectivity index (χ2v) is 7.63. The number of para-hydroxylation sites is 1. The molecule has 154 valence electrons. The summed E-state index contributed by atoms with van der Waals surface area (Å²) in [5.41, 5.74) is 0.973. The van der Waals surface area contributed by atoms with Crippen molar-refractivity contribution in [3.63, 3.8) is 0 Å². The number of halogens is 1. The van der Waals surface area contributed by atoms with Crippen LogP contribution in [0.4, 0.5) is 5.82 Å². The van der Waals surface area contributed by atoms with E-state index >= 15 is 0 Å². The minimum Gasteiger partial charge on any atom is -0.439 e. The highest BCUT2D eigenvalue weighted by molar-refractivity contribution is 6.30. The van der Waals surface area contributed by atoms with Gasteiger partial charge in [0, 0.05) is 37.3 Å². The molecule has 2 heterocycles. The summed E-state index contributed by atoms with van der Waals surface area (Å²) in [6, 6.07) is 18.8. The highest BCUT2D eigenvalue weighted by Crippen LogP contribution is 2.24. The maximum atomic E-state index is 12.6. The highest BCUT2D eigenvalue weighted by Gasteiger charge is 2.22. The number of piperazine rings is 1. The normalized spacial score (nSPS) is 13.9. The molecule has 1 aliphatic heterocycles. The lowest BCUT2D eigenvalue weighted by molar-refractivity contribution is -0.130. The fraction of sp³-hybridized carbons (Fsp3) is 0.261. The molecular formula is C23H23ClN4O2. The van der Waals surface area contributed by atoms with E-state index in [9.17, 15) is 4.79 Å². The van der Waals surface area contributed by atoms with Crippen LogP contribution in [0.5, 0.6) is 11.6 Å².